The second-order valence-electron chi connectivity index (χ2n) is 8.72. The molecule has 186 valence electrons. The van der Waals surface area contributed by atoms with Gasteiger partial charge in [-0.2, -0.15) is 0 Å². The fraction of sp³-hybridized carbons (Fsp3) is 0.269. The number of hydrogen-bond acceptors (Lipinski definition) is 5. The molecular formula is C26H30N2O5S2. The lowest BCUT2D eigenvalue weighted by molar-refractivity contribution is -0.120. The first-order valence-electron chi connectivity index (χ1n) is 11.0. The van der Waals surface area contributed by atoms with Crippen molar-refractivity contribution in [2.45, 2.75) is 43.5 Å². The maximum atomic E-state index is 13.6. The first-order chi connectivity index (χ1) is 16.3. The number of rotatable bonds is 8. The van der Waals surface area contributed by atoms with Crippen LogP contribution in [0, 0.1) is 20.8 Å². The average Bonchev–Trinajstić information content (AvgIpc) is 2.79. The standard InChI is InChI=1S/C26H30N2O5S2/c1-18-6-12-25(13-7-18)35(32,33)28(23-11-8-19(2)20(3)16-23)17-26(29)27-21(4)22-9-14-24(15-10-22)34(5,30)31/h6-16,21H,17H2,1-5H3,(H,27,29). The van der Waals surface area contributed by atoms with Gasteiger partial charge < -0.3 is 5.32 Å². The van der Waals surface area contributed by atoms with Crippen molar-refractivity contribution in [3.8, 4) is 0 Å². The van der Waals surface area contributed by atoms with E-state index >= 15 is 0 Å². The zero-order valence-corrected chi connectivity index (χ0v) is 22.1. The number of sulfonamides is 1. The van der Waals surface area contributed by atoms with E-state index in [2.05, 4.69) is 5.32 Å². The van der Waals surface area contributed by atoms with Gasteiger partial charge in [-0.05, 0) is 80.8 Å². The van der Waals surface area contributed by atoms with Gasteiger partial charge in [-0.1, -0.05) is 35.9 Å². The lowest BCUT2D eigenvalue weighted by Gasteiger charge is -2.26. The van der Waals surface area contributed by atoms with Crippen LogP contribution in [0.4, 0.5) is 5.69 Å². The third kappa shape index (κ3) is 6.29. The van der Waals surface area contributed by atoms with Gasteiger partial charge >= 0.3 is 0 Å². The Labute approximate surface area is 207 Å². The Morgan fingerprint density at radius 1 is 0.829 bits per heavy atom. The van der Waals surface area contributed by atoms with Crippen LogP contribution in [0.15, 0.2) is 76.5 Å². The summed E-state index contributed by atoms with van der Waals surface area (Å²) in [5.74, 6) is -0.487. The Morgan fingerprint density at radius 2 is 1.40 bits per heavy atom. The number of aryl methyl sites for hydroxylation is 3. The summed E-state index contributed by atoms with van der Waals surface area (Å²) in [6, 6.07) is 17.5. The zero-order chi connectivity index (χ0) is 26.0. The molecule has 1 amide bonds. The Bertz CT molecular complexity index is 1430. The summed E-state index contributed by atoms with van der Waals surface area (Å²) < 4.78 is 51.6. The molecule has 1 atom stereocenters. The molecule has 0 aliphatic carbocycles. The van der Waals surface area contributed by atoms with E-state index in [4.69, 9.17) is 0 Å². The topological polar surface area (TPSA) is 101 Å². The first-order valence-corrected chi connectivity index (χ1v) is 14.4. The number of carbonyl (C=O) groups excluding carboxylic acids is 1. The van der Waals surface area contributed by atoms with Gasteiger partial charge in [-0.3, -0.25) is 9.10 Å². The van der Waals surface area contributed by atoms with Crippen molar-refractivity contribution < 1.29 is 21.6 Å². The molecule has 0 aliphatic rings. The molecule has 0 saturated heterocycles. The van der Waals surface area contributed by atoms with Gasteiger partial charge in [0.1, 0.15) is 6.54 Å². The van der Waals surface area contributed by atoms with Crippen molar-refractivity contribution in [2.75, 3.05) is 17.1 Å². The minimum Gasteiger partial charge on any atom is -0.348 e. The smallest absolute Gasteiger partial charge is 0.264 e. The average molecular weight is 515 g/mol. The van der Waals surface area contributed by atoms with Crippen LogP contribution in [0.1, 0.15) is 35.2 Å². The van der Waals surface area contributed by atoms with Crippen molar-refractivity contribution in [1.29, 1.82) is 0 Å². The van der Waals surface area contributed by atoms with E-state index in [0.29, 0.717) is 11.3 Å². The molecule has 1 unspecified atom stereocenters. The molecule has 0 radical (unpaired) electrons. The Kier molecular flexibility index (Phi) is 7.71. The molecule has 35 heavy (non-hydrogen) atoms. The predicted octanol–water partition coefficient (Wildman–Crippen LogP) is 4.09. The Morgan fingerprint density at radius 3 is 1.94 bits per heavy atom. The zero-order valence-electron chi connectivity index (χ0n) is 20.4. The summed E-state index contributed by atoms with van der Waals surface area (Å²) in [5.41, 5.74) is 3.94. The maximum absolute atomic E-state index is 13.6. The predicted molar refractivity (Wildman–Crippen MR) is 138 cm³/mol. The number of nitrogens with zero attached hydrogens (tertiary/aromatic N) is 1. The molecule has 0 aromatic heterocycles. The van der Waals surface area contributed by atoms with E-state index in [1.807, 2.05) is 26.8 Å². The van der Waals surface area contributed by atoms with Crippen molar-refractivity contribution >= 4 is 31.5 Å². The molecule has 0 bridgehead atoms. The van der Waals surface area contributed by atoms with Crippen LogP contribution >= 0.6 is 0 Å². The maximum Gasteiger partial charge on any atom is 0.264 e. The highest BCUT2D eigenvalue weighted by molar-refractivity contribution is 7.93. The summed E-state index contributed by atoms with van der Waals surface area (Å²) in [7, 11) is -7.34. The van der Waals surface area contributed by atoms with Crippen LogP contribution in [0.2, 0.25) is 0 Å². The third-order valence-electron chi connectivity index (χ3n) is 5.86. The SMILES string of the molecule is Cc1ccc(S(=O)(=O)N(CC(=O)NC(C)c2ccc(S(C)(=O)=O)cc2)c2ccc(C)c(C)c2)cc1. The van der Waals surface area contributed by atoms with E-state index in [1.165, 1.54) is 24.3 Å². The fourth-order valence-electron chi connectivity index (χ4n) is 3.54. The van der Waals surface area contributed by atoms with Gasteiger partial charge in [-0.15, -0.1) is 0 Å². The van der Waals surface area contributed by atoms with Crippen molar-refractivity contribution in [1.82, 2.24) is 5.32 Å². The number of hydrogen-bond donors (Lipinski definition) is 1. The quantitative estimate of drug-likeness (QED) is 0.488. The molecule has 0 heterocycles. The number of benzene rings is 3. The number of nitrogens with one attached hydrogen (secondary N) is 1. The Balaban J connectivity index is 1.89. The normalized spacial score (nSPS) is 12.7. The molecule has 3 aromatic rings. The lowest BCUT2D eigenvalue weighted by atomic mass is 10.1. The highest BCUT2D eigenvalue weighted by atomic mass is 32.2. The van der Waals surface area contributed by atoms with Crippen LogP contribution in [-0.2, 0) is 24.7 Å². The molecule has 0 spiro atoms. The lowest BCUT2D eigenvalue weighted by Crippen LogP contribution is -2.41. The van der Waals surface area contributed by atoms with Gasteiger partial charge in [-0.25, -0.2) is 16.8 Å². The van der Waals surface area contributed by atoms with Crippen LogP contribution in [0.25, 0.3) is 0 Å². The van der Waals surface area contributed by atoms with E-state index in [-0.39, 0.29) is 9.79 Å². The fourth-order valence-corrected chi connectivity index (χ4v) is 5.58. The van der Waals surface area contributed by atoms with Crippen LogP contribution < -0.4 is 9.62 Å². The number of carbonyl (C=O) groups is 1. The van der Waals surface area contributed by atoms with Crippen molar-refractivity contribution in [3.63, 3.8) is 0 Å². The van der Waals surface area contributed by atoms with Crippen molar-refractivity contribution in [3.05, 3.63) is 89.0 Å². The highest BCUT2D eigenvalue weighted by Gasteiger charge is 2.28. The summed E-state index contributed by atoms with van der Waals surface area (Å²) in [4.78, 5) is 13.3. The summed E-state index contributed by atoms with van der Waals surface area (Å²) >= 11 is 0. The van der Waals surface area contributed by atoms with E-state index in [9.17, 15) is 21.6 Å². The number of anilines is 1. The van der Waals surface area contributed by atoms with E-state index < -0.39 is 38.4 Å². The minimum atomic E-state index is -4.01. The number of amides is 1. The van der Waals surface area contributed by atoms with Crippen LogP contribution in [0.3, 0.4) is 0 Å². The van der Waals surface area contributed by atoms with Crippen LogP contribution in [-0.4, -0.2) is 35.5 Å². The molecule has 3 aromatic carbocycles. The molecule has 0 saturated carbocycles. The molecule has 0 aliphatic heterocycles. The molecule has 3 rings (SSSR count). The van der Waals surface area contributed by atoms with Crippen LogP contribution in [0.5, 0.6) is 0 Å². The van der Waals surface area contributed by atoms with E-state index in [1.54, 1.807) is 43.3 Å². The summed E-state index contributed by atoms with van der Waals surface area (Å²) in [6.45, 7) is 7.03. The van der Waals surface area contributed by atoms with Gasteiger partial charge in [0.2, 0.25) is 5.91 Å². The molecule has 0 fully saturated rings. The van der Waals surface area contributed by atoms with Crippen molar-refractivity contribution in [2.24, 2.45) is 0 Å². The van der Waals surface area contributed by atoms with Gasteiger partial charge in [0.15, 0.2) is 9.84 Å². The molecule has 7 nitrogen and oxygen atoms in total. The monoisotopic (exact) mass is 514 g/mol. The largest absolute Gasteiger partial charge is 0.348 e. The second-order valence-corrected chi connectivity index (χ2v) is 12.6. The minimum absolute atomic E-state index is 0.0959. The third-order valence-corrected chi connectivity index (χ3v) is 8.78. The second kappa shape index (κ2) is 10.2. The Hall–Kier alpha value is -3.17. The summed E-state index contributed by atoms with van der Waals surface area (Å²) in [5, 5.41) is 2.82. The van der Waals surface area contributed by atoms with E-state index in [0.717, 1.165) is 27.3 Å². The molecular weight excluding hydrogens is 484 g/mol. The van der Waals surface area contributed by atoms with Gasteiger partial charge in [0.25, 0.3) is 10.0 Å². The van der Waals surface area contributed by atoms with Gasteiger partial charge in [0, 0.05) is 6.26 Å². The summed E-state index contributed by atoms with van der Waals surface area (Å²) in [6.07, 6.45) is 1.13. The number of sulfone groups is 1. The van der Waals surface area contributed by atoms with Gasteiger partial charge in [0.05, 0.1) is 21.5 Å². The molecule has 1 N–H and O–H groups in total. The first kappa shape index (κ1) is 26.4. The molecule has 9 heteroatoms. The highest BCUT2D eigenvalue weighted by Crippen LogP contribution is 2.26.